The summed E-state index contributed by atoms with van der Waals surface area (Å²) in [6.45, 7) is 0.885. The van der Waals surface area contributed by atoms with Crippen molar-refractivity contribution >= 4 is 11.8 Å². The van der Waals surface area contributed by atoms with E-state index in [1.807, 2.05) is 30.3 Å². The van der Waals surface area contributed by atoms with Crippen molar-refractivity contribution in [1.29, 1.82) is 0 Å². The van der Waals surface area contributed by atoms with Gasteiger partial charge in [0.2, 0.25) is 5.78 Å². The molecule has 1 rings (SSSR count). The standard InChI is InChI=1S/C12H14O4/c13-11(12(14)15)7-4-8-16-9-10-5-2-1-3-6-10/h1-3,5-6H,4,7-9H2,(H,14,15). The lowest BCUT2D eigenvalue weighted by Crippen LogP contribution is -2.12. The number of hydrogen-bond acceptors (Lipinski definition) is 3. The number of ketones is 1. The molecule has 16 heavy (non-hydrogen) atoms. The van der Waals surface area contributed by atoms with Crippen LogP contribution in [0.4, 0.5) is 0 Å². The first kappa shape index (κ1) is 12.4. The second kappa shape index (κ2) is 6.74. The number of benzene rings is 1. The quantitative estimate of drug-likeness (QED) is 0.562. The summed E-state index contributed by atoms with van der Waals surface area (Å²) < 4.78 is 5.30. The highest BCUT2D eigenvalue weighted by molar-refractivity contribution is 6.32. The van der Waals surface area contributed by atoms with Gasteiger partial charge in [0.1, 0.15) is 0 Å². The van der Waals surface area contributed by atoms with Gasteiger partial charge in [-0.2, -0.15) is 0 Å². The number of hydrogen-bond donors (Lipinski definition) is 1. The van der Waals surface area contributed by atoms with E-state index in [2.05, 4.69) is 0 Å². The van der Waals surface area contributed by atoms with E-state index in [9.17, 15) is 9.59 Å². The van der Waals surface area contributed by atoms with E-state index < -0.39 is 11.8 Å². The lowest BCUT2D eigenvalue weighted by Gasteiger charge is -2.02. The SMILES string of the molecule is O=C(O)C(=O)CCCOCc1ccccc1. The van der Waals surface area contributed by atoms with Crippen LogP contribution in [0, 0.1) is 0 Å². The van der Waals surface area contributed by atoms with Gasteiger partial charge in [0.25, 0.3) is 0 Å². The van der Waals surface area contributed by atoms with Crippen LogP contribution in [0.1, 0.15) is 18.4 Å². The molecule has 4 heteroatoms. The third-order valence-corrected chi connectivity index (χ3v) is 2.04. The van der Waals surface area contributed by atoms with Crippen molar-refractivity contribution in [3.63, 3.8) is 0 Å². The fourth-order valence-electron chi connectivity index (χ4n) is 1.21. The van der Waals surface area contributed by atoms with Crippen molar-refractivity contribution in [1.82, 2.24) is 0 Å². The first-order valence-corrected chi connectivity index (χ1v) is 5.08. The van der Waals surface area contributed by atoms with Crippen LogP contribution in [-0.2, 0) is 20.9 Å². The third-order valence-electron chi connectivity index (χ3n) is 2.04. The Morgan fingerprint density at radius 1 is 1.19 bits per heavy atom. The van der Waals surface area contributed by atoms with Gasteiger partial charge < -0.3 is 9.84 Å². The summed E-state index contributed by atoms with van der Waals surface area (Å²) in [6.07, 6.45) is 0.474. The average Bonchev–Trinajstić information content (AvgIpc) is 2.29. The molecular weight excluding hydrogens is 208 g/mol. The van der Waals surface area contributed by atoms with E-state index >= 15 is 0 Å². The van der Waals surface area contributed by atoms with E-state index in [0.29, 0.717) is 19.6 Å². The van der Waals surface area contributed by atoms with Gasteiger partial charge in [-0.1, -0.05) is 30.3 Å². The monoisotopic (exact) mass is 222 g/mol. The maximum atomic E-state index is 10.7. The smallest absolute Gasteiger partial charge is 0.372 e. The number of Topliss-reactive ketones (excluding diaryl/α,β-unsaturated/α-hetero) is 1. The molecule has 0 amide bonds. The van der Waals surface area contributed by atoms with E-state index in [1.165, 1.54) is 0 Å². The van der Waals surface area contributed by atoms with Crippen LogP contribution < -0.4 is 0 Å². The topological polar surface area (TPSA) is 63.6 Å². The van der Waals surface area contributed by atoms with Crippen molar-refractivity contribution in [3.05, 3.63) is 35.9 Å². The van der Waals surface area contributed by atoms with E-state index in [0.717, 1.165) is 5.56 Å². The van der Waals surface area contributed by atoms with Crippen LogP contribution in [-0.4, -0.2) is 23.5 Å². The largest absolute Gasteiger partial charge is 0.476 e. The molecule has 0 aliphatic rings. The van der Waals surface area contributed by atoms with Crippen molar-refractivity contribution in [2.45, 2.75) is 19.4 Å². The molecule has 0 unspecified atom stereocenters. The van der Waals surface area contributed by atoms with Crippen LogP contribution in [0.3, 0.4) is 0 Å². The molecule has 0 fully saturated rings. The minimum atomic E-state index is -1.37. The molecule has 0 aliphatic heterocycles. The summed E-state index contributed by atoms with van der Waals surface area (Å²) in [5, 5.41) is 8.33. The predicted molar refractivity (Wildman–Crippen MR) is 58.0 cm³/mol. The summed E-state index contributed by atoms with van der Waals surface area (Å²) in [6, 6.07) is 9.67. The molecular formula is C12H14O4. The Bertz CT molecular complexity index is 345. The number of carboxylic acid groups (broad SMARTS) is 1. The molecule has 0 atom stereocenters. The van der Waals surface area contributed by atoms with Crippen molar-refractivity contribution in [3.8, 4) is 0 Å². The number of carboxylic acids is 1. The van der Waals surface area contributed by atoms with Crippen LogP contribution >= 0.6 is 0 Å². The van der Waals surface area contributed by atoms with Gasteiger partial charge in [-0.15, -0.1) is 0 Å². The summed E-state index contributed by atoms with van der Waals surface area (Å²) in [4.78, 5) is 20.9. The molecule has 1 aromatic carbocycles. The highest BCUT2D eigenvalue weighted by Crippen LogP contribution is 2.01. The first-order valence-electron chi connectivity index (χ1n) is 5.08. The molecule has 1 N–H and O–H groups in total. The van der Waals surface area contributed by atoms with Crippen LogP contribution in [0.2, 0.25) is 0 Å². The number of aliphatic carboxylic acids is 1. The molecule has 86 valence electrons. The molecule has 0 aliphatic carbocycles. The molecule has 0 spiro atoms. The molecule has 0 saturated carbocycles. The molecule has 4 nitrogen and oxygen atoms in total. The second-order valence-electron chi connectivity index (χ2n) is 3.37. The Labute approximate surface area is 93.9 Å². The predicted octanol–water partition coefficient (Wildman–Crippen LogP) is 1.64. The fraction of sp³-hybridized carbons (Fsp3) is 0.333. The summed E-state index contributed by atoms with van der Waals surface area (Å²) in [5.74, 6) is -2.13. The van der Waals surface area contributed by atoms with E-state index in [-0.39, 0.29) is 6.42 Å². The van der Waals surface area contributed by atoms with Crippen molar-refractivity contribution in [2.75, 3.05) is 6.61 Å². The van der Waals surface area contributed by atoms with Crippen LogP contribution in [0.25, 0.3) is 0 Å². The molecule has 0 heterocycles. The maximum absolute atomic E-state index is 10.7. The zero-order valence-electron chi connectivity index (χ0n) is 8.89. The number of ether oxygens (including phenoxy) is 1. The van der Waals surface area contributed by atoms with E-state index in [4.69, 9.17) is 9.84 Å². The summed E-state index contributed by atoms with van der Waals surface area (Å²) in [7, 11) is 0. The van der Waals surface area contributed by atoms with Crippen molar-refractivity contribution in [2.24, 2.45) is 0 Å². The zero-order chi connectivity index (χ0) is 11.8. The highest BCUT2D eigenvalue weighted by atomic mass is 16.5. The van der Waals surface area contributed by atoms with Gasteiger partial charge in [-0.3, -0.25) is 4.79 Å². The first-order chi connectivity index (χ1) is 7.70. The van der Waals surface area contributed by atoms with Gasteiger partial charge in [-0.05, 0) is 12.0 Å². The minimum Gasteiger partial charge on any atom is -0.476 e. The number of carbonyl (C=O) groups is 2. The summed E-state index contributed by atoms with van der Waals surface area (Å²) >= 11 is 0. The number of carbonyl (C=O) groups excluding carboxylic acids is 1. The Balaban J connectivity index is 2.09. The van der Waals surface area contributed by atoms with Gasteiger partial charge in [0.15, 0.2) is 0 Å². The minimum absolute atomic E-state index is 0.0319. The zero-order valence-corrected chi connectivity index (χ0v) is 8.89. The van der Waals surface area contributed by atoms with Gasteiger partial charge in [-0.25, -0.2) is 4.79 Å². The average molecular weight is 222 g/mol. The van der Waals surface area contributed by atoms with Gasteiger partial charge in [0, 0.05) is 13.0 Å². The molecule has 0 saturated heterocycles. The highest BCUT2D eigenvalue weighted by Gasteiger charge is 2.09. The van der Waals surface area contributed by atoms with Crippen LogP contribution in [0.5, 0.6) is 0 Å². The Morgan fingerprint density at radius 3 is 2.50 bits per heavy atom. The van der Waals surface area contributed by atoms with E-state index in [1.54, 1.807) is 0 Å². The Morgan fingerprint density at radius 2 is 1.88 bits per heavy atom. The number of rotatable bonds is 7. The summed E-state index contributed by atoms with van der Waals surface area (Å²) in [5.41, 5.74) is 1.06. The molecule has 0 aromatic heterocycles. The molecule has 0 bridgehead atoms. The molecule has 0 radical (unpaired) electrons. The fourth-order valence-corrected chi connectivity index (χ4v) is 1.21. The second-order valence-corrected chi connectivity index (χ2v) is 3.37. The lowest BCUT2D eigenvalue weighted by molar-refractivity contribution is -0.149. The normalized spacial score (nSPS) is 10.0. The Kier molecular flexibility index (Phi) is 5.22. The third kappa shape index (κ3) is 4.70. The van der Waals surface area contributed by atoms with Crippen molar-refractivity contribution < 1.29 is 19.4 Å². The van der Waals surface area contributed by atoms with Gasteiger partial charge >= 0.3 is 5.97 Å². The van der Waals surface area contributed by atoms with Gasteiger partial charge in [0.05, 0.1) is 6.61 Å². The molecule has 1 aromatic rings. The van der Waals surface area contributed by atoms with Crippen LogP contribution in [0.15, 0.2) is 30.3 Å². The maximum Gasteiger partial charge on any atom is 0.372 e. The lowest BCUT2D eigenvalue weighted by atomic mass is 10.2. The Hall–Kier alpha value is -1.68.